The number of nitrogens with one attached hydrogen (secondary N) is 2. The van der Waals surface area contributed by atoms with Gasteiger partial charge < -0.3 is 4.57 Å². The Morgan fingerprint density at radius 2 is 2.21 bits per heavy atom. The maximum atomic E-state index is 12.0. The Hall–Kier alpha value is -2.54. The van der Waals surface area contributed by atoms with Crippen LogP contribution >= 0.6 is 11.8 Å². The third kappa shape index (κ3) is 3.51. The number of hydrazone groups is 1. The van der Waals surface area contributed by atoms with Crippen molar-refractivity contribution in [1.82, 2.24) is 15.0 Å². The maximum Gasteiger partial charge on any atom is 0.317 e. The molecule has 1 amide bonds. The van der Waals surface area contributed by atoms with Gasteiger partial charge in [-0.15, -0.1) is 0 Å². The van der Waals surface area contributed by atoms with Crippen LogP contribution in [0.15, 0.2) is 52.9 Å². The smallest absolute Gasteiger partial charge is 0.317 e. The number of hydrogen-bond acceptors (Lipinski definition) is 3. The quantitative estimate of drug-likeness (QED) is 0.312. The molecule has 2 N–H and O–H groups in total. The van der Waals surface area contributed by atoms with Crippen LogP contribution in [0.25, 0.3) is 11.0 Å². The lowest BCUT2D eigenvalue weighted by molar-refractivity contribution is -0.705. The second-order valence-corrected chi connectivity index (χ2v) is 6.28. The predicted octanol–water partition coefficient (Wildman–Crippen LogP) is 2.06. The summed E-state index contributed by atoms with van der Waals surface area (Å²) >= 11 is 1.47. The zero-order valence-corrected chi connectivity index (χ0v) is 14.5. The fraction of sp³-hybridized carbons (Fsp3) is 0.235. The third-order valence-electron chi connectivity index (χ3n) is 3.71. The van der Waals surface area contributed by atoms with Crippen LogP contribution in [0.5, 0.6) is 0 Å². The van der Waals surface area contributed by atoms with E-state index in [9.17, 15) is 4.79 Å². The van der Waals surface area contributed by atoms with Gasteiger partial charge in [-0.3, -0.25) is 4.79 Å². The number of amides is 1. The molecule has 3 rings (SSSR count). The molecule has 0 aliphatic rings. The standard InChI is InChI=1S/C17H19N5OS/c1-3-22-15-9-5-4-8-14(15)19-17(22)24-12-16(23)20-18-11-13-7-6-10-21(13)2/h4-11H,3,12H2,1-2H3,(H,20,23)/p+1. The molecule has 6 nitrogen and oxygen atoms in total. The Bertz CT molecular complexity index is 880. The average Bonchev–Trinajstić information content (AvgIpc) is 3.16. The first-order valence-corrected chi connectivity index (χ1v) is 8.74. The summed E-state index contributed by atoms with van der Waals surface area (Å²) in [7, 11) is 1.93. The summed E-state index contributed by atoms with van der Waals surface area (Å²) < 4.78 is 4.10. The average molecular weight is 342 g/mol. The van der Waals surface area contributed by atoms with E-state index in [2.05, 4.69) is 33.1 Å². The number of para-hydroxylation sites is 2. The van der Waals surface area contributed by atoms with E-state index in [1.165, 1.54) is 11.8 Å². The fourth-order valence-corrected chi connectivity index (χ4v) is 3.38. The molecule has 0 radical (unpaired) electrons. The highest BCUT2D eigenvalue weighted by Crippen LogP contribution is 2.17. The predicted molar refractivity (Wildman–Crippen MR) is 96.0 cm³/mol. The van der Waals surface area contributed by atoms with Gasteiger partial charge in [0.1, 0.15) is 0 Å². The van der Waals surface area contributed by atoms with Crippen LogP contribution in [0.3, 0.4) is 0 Å². The molecule has 0 aliphatic carbocycles. The number of carbonyl (C=O) groups is 1. The summed E-state index contributed by atoms with van der Waals surface area (Å²) in [4.78, 5) is 15.3. The Balaban J connectivity index is 1.60. The van der Waals surface area contributed by atoms with Crippen LogP contribution in [0, 0.1) is 0 Å². The Kier molecular flexibility index (Phi) is 5.00. The summed E-state index contributed by atoms with van der Waals surface area (Å²) in [6.45, 7) is 2.94. The molecule has 0 atom stereocenters. The van der Waals surface area contributed by atoms with Crippen molar-refractivity contribution in [3.63, 3.8) is 0 Å². The number of nitrogens with zero attached hydrogens (tertiary/aromatic N) is 3. The molecular weight excluding hydrogens is 322 g/mol. The lowest BCUT2D eigenvalue weighted by Gasteiger charge is -1.99. The number of aryl methyl sites for hydroxylation is 2. The van der Waals surface area contributed by atoms with Crippen LogP contribution in [0.1, 0.15) is 12.6 Å². The molecule has 0 spiro atoms. The first kappa shape index (κ1) is 16.3. The van der Waals surface area contributed by atoms with Gasteiger partial charge in [0.05, 0.1) is 24.2 Å². The summed E-state index contributed by atoms with van der Waals surface area (Å²) in [5, 5.41) is 4.97. The zero-order chi connectivity index (χ0) is 16.9. The van der Waals surface area contributed by atoms with Crippen LogP contribution in [-0.2, 0) is 18.4 Å². The normalized spacial score (nSPS) is 11.4. The molecule has 1 aromatic carbocycles. The SMILES string of the molecule is CC[n+]1c(SCC(=O)NN=Cc2cccn2C)[nH]c2ccccc21. The molecular formula is C17H20N5OS+. The number of thioether (sulfide) groups is 1. The molecule has 0 fully saturated rings. The highest BCUT2D eigenvalue weighted by atomic mass is 32.2. The van der Waals surface area contributed by atoms with Crippen LogP contribution in [0.2, 0.25) is 0 Å². The largest absolute Gasteiger partial charge is 0.350 e. The lowest BCUT2D eigenvalue weighted by Crippen LogP contribution is -2.34. The summed E-state index contributed by atoms with van der Waals surface area (Å²) in [5.74, 6) is 0.170. The molecule has 0 unspecified atom stereocenters. The Morgan fingerprint density at radius 3 is 2.96 bits per heavy atom. The molecule has 0 aliphatic heterocycles. The number of aromatic nitrogens is 3. The van der Waals surface area contributed by atoms with Gasteiger partial charge in [-0.2, -0.15) is 5.10 Å². The first-order chi connectivity index (χ1) is 11.7. The zero-order valence-electron chi connectivity index (χ0n) is 13.7. The third-order valence-corrected chi connectivity index (χ3v) is 4.71. The molecule has 7 heteroatoms. The van der Waals surface area contributed by atoms with Gasteiger partial charge in [0.25, 0.3) is 5.91 Å². The van der Waals surface area contributed by atoms with E-state index >= 15 is 0 Å². The molecule has 0 bridgehead atoms. The molecule has 2 heterocycles. The van der Waals surface area contributed by atoms with Crippen molar-refractivity contribution < 1.29 is 9.36 Å². The highest BCUT2D eigenvalue weighted by molar-refractivity contribution is 7.99. The minimum Gasteiger partial charge on any atom is -0.350 e. The lowest BCUT2D eigenvalue weighted by atomic mass is 10.3. The van der Waals surface area contributed by atoms with Crippen molar-refractivity contribution in [3.05, 3.63) is 48.3 Å². The van der Waals surface area contributed by atoms with E-state index < -0.39 is 0 Å². The van der Waals surface area contributed by atoms with Gasteiger partial charge in [-0.1, -0.05) is 12.1 Å². The number of benzene rings is 1. The highest BCUT2D eigenvalue weighted by Gasteiger charge is 2.18. The van der Waals surface area contributed by atoms with Crippen molar-refractivity contribution in [3.8, 4) is 0 Å². The van der Waals surface area contributed by atoms with Crippen LogP contribution in [0.4, 0.5) is 0 Å². The second kappa shape index (κ2) is 7.35. The van der Waals surface area contributed by atoms with Crippen LogP contribution in [-0.4, -0.2) is 27.4 Å². The topological polar surface area (TPSA) is 66.1 Å². The Morgan fingerprint density at radius 1 is 1.38 bits per heavy atom. The van der Waals surface area contributed by atoms with Gasteiger partial charge in [0.2, 0.25) is 0 Å². The van der Waals surface area contributed by atoms with E-state index in [4.69, 9.17) is 0 Å². The summed E-state index contributed by atoms with van der Waals surface area (Å²) in [5.41, 5.74) is 5.71. The molecule has 124 valence electrons. The summed E-state index contributed by atoms with van der Waals surface area (Å²) in [6, 6.07) is 12.0. The number of H-pyrrole nitrogens is 1. The molecule has 3 aromatic rings. The second-order valence-electron chi connectivity index (χ2n) is 5.32. The van der Waals surface area contributed by atoms with Crippen LogP contribution < -0.4 is 9.99 Å². The monoisotopic (exact) mass is 342 g/mol. The molecule has 24 heavy (non-hydrogen) atoms. The number of aromatic amines is 1. The number of imidazole rings is 1. The minimum atomic E-state index is -0.133. The number of fused-ring (bicyclic) bond motifs is 1. The van der Waals surface area contributed by atoms with Crippen molar-refractivity contribution in [2.24, 2.45) is 12.1 Å². The first-order valence-electron chi connectivity index (χ1n) is 7.75. The van der Waals surface area contributed by atoms with Gasteiger partial charge >= 0.3 is 5.16 Å². The van der Waals surface area contributed by atoms with E-state index in [0.717, 1.165) is 28.4 Å². The summed E-state index contributed by atoms with van der Waals surface area (Å²) in [6.07, 6.45) is 3.57. The maximum absolute atomic E-state index is 12.0. The van der Waals surface area contributed by atoms with Crippen molar-refractivity contribution in [2.75, 3.05) is 5.75 Å². The van der Waals surface area contributed by atoms with Crippen molar-refractivity contribution >= 4 is 34.9 Å². The van der Waals surface area contributed by atoms with E-state index in [1.54, 1.807) is 6.21 Å². The number of hydrogen-bond donors (Lipinski definition) is 2. The van der Waals surface area contributed by atoms with Gasteiger partial charge in [0, 0.05) is 13.2 Å². The minimum absolute atomic E-state index is 0.133. The fourth-order valence-electron chi connectivity index (χ4n) is 2.48. The van der Waals surface area contributed by atoms with E-state index in [1.807, 2.05) is 48.1 Å². The number of carbonyl (C=O) groups excluding carboxylic acids is 1. The van der Waals surface area contributed by atoms with Gasteiger partial charge in [0.15, 0.2) is 11.0 Å². The Labute approximate surface area is 144 Å². The molecule has 0 saturated carbocycles. The molecule has 0 saturated heterocycles. The van der Waals surface area contributed by atoms with Gasteiger partial charge in [-0.25, -0.2) is 15.0 Å². The van der Waals surface area contributed by atoms with E-state index in [0.29, 0.717) is 5.75 Å². The van der Waals surface area contributed by atoms with Crippen molar-refractivity contribution in [1.29, 1.82) is 0 Å². The molecule has 2 aromatic heterocycles. The van der Waals surface area contributed by atoms with Crippen molar-refractivity contribution in [2.45, 2.75) is 18.6 Å². The van der Waals surface area contributed by atoms with Gasteiger partial charge in [-0.05, 0) is 43.0 Å². The van der Waals surface area contributed by atoms with E-state index in [-0.39, 0.29) is 5.91 Å². The number of rotatable bonds is 6.